The fourth-order valence-electron chi connectivity index (χ4n) is 6.77. The first-order valence-electron chi connectivity index (χ1n) is 15.2. The third-order valence-electron chi connectivity index (χ3n) is 8.90. The number of benzene rings is 2. The molecule has 2 saturated carbocycles. The Balaban J connectivity index is 0.000000174. The molecular formula is C38H39IrN3Si-2. The molecule has 2 aliphatic carbocycles. The Labute approximate surface area is 271 Å². The minimum Gasteiger partial charge on any atom is -0.360 e. The summed E-state index contributed by atoms with van der Waals surface area (Å²) in [6.45, 7) is 7.30. The molecule has 0 spiro atoms. The molecule has 3 atom stereocenters. The van der Waals surface area contributed by atoms with Crippen molar-refractivity contribution in [3.63, 3.8) is 0 Å². The Morgan fingerprint density at radius 2 is 1.56 bits per heavy atom. The number of aromatic nitrogens is 3. The van der Waals surface area contributed by atoms with Gasteiger partial charge in [0.2, 0.25) is 0 Å². The van der Waals surface area contributed by atoms with E-state index in [0.29, 0.717) is 0 Å². The number of nitrogens with zero attached hydrogens (tertiary/aromatic N) is 3. The molecule has 2 aromatic carbocycles. The molecule has 1 radical (unpaired) electrons. The topological polar surface area (TPSA) is 38.7 Å². The molecule has 0 aliphatic heterocycles. The van der Waals surface area contributed by atoms with Crippen molar-refractivity contribution in [1.82, 2.24) is 15.0 Å². The van der Waals surface area contributed by atoms with E-state index in [4.69, 9.17) is 4.98 Å². The van der Waals surface area contributed by atoms with Gasteiger partial charge in [-0.1, -0.05) is 86.4 Å². The number of hydrogen-bond donors (Lipinski definition) is 0. The predicted molar refractivity (Wildman–Crippen MR) is 176 cm³/mol. The zero-order valence-corrected chi connectivity index (χ0v) is 28.7. The van der Waals surface area contributed by atoms with Gasteiger partial charge >= 0.3 is 0 Å². The molecule has 3 unspecified atom stereocenters. The minimum atomic E-state index is -1.38. The van der Waals surface area contributed by atoms with Crippen molar-refractivity contribution in [2.24, 2.45) is 17.8 Å². The van der Waals surface area contributed by atoms with Gasteiger partial charge in [-0.15, -0.1) is 53.6 Å². The van der Waals surface area contributed by atoms with Crippen molar-refractivity contribution in [1.29, 1.82) is 0 Å². The number of fused-ring (bicyclic) bond motifs is 2. The fourth-order valence-corrected chi connectivity index (χ4v) is 8.36. The van der Waals surface area contributed by atoms with E-state index in [9.17, 15) is 0 Å². The van der Waals surface area contributed by atoms with Gasteiger partial charge in [-0.25, -0.2) is 0 Å². The van der Waals surface area contributed by atoms with E-state index >= 15 is 0 Å². The van der Waals surface area contributed by atoms with Crippen LogP contribution in [0.4, 0.5) is 0 Å². The quantitative estimate of drug-likeness (QED) is 0.129. The van der Waals surface area contributed by atoms with E-state index in [1.807, 2.05) is 60.8 Å². The Morgan fingerprint density at radius 3 is 2.19 bits per heavy atom. The molecule has 0 saturated heterocycles. The fraction of sp³-hybridized carbons (Fsp3) is 0.289. The molecule has 5 heteroatoms. The summed E-state index contributed by atoms with van der Waals surface area (Å²) in [4.78, 5) is 13.4. The molecule has 0 N–H and O–H groups in total. The molecular weight excluding hydrogens is 719 g/mol. The van der Waals surface area contributed by atoms with Crippen LogP contribution in [0.15, 0.2) is 104 Å². The zero-order valence-electron chi connectivity index (χ0n) is 25.3. The molecule has 7 rings (SSSR count). The van der Waals surface area contributed by atoms with Gasteiger partial charge in [0.15, 0.2) is 0 Å². The van der Waals surface area contributed by atoms with Crippen molar-refractivity contribution >= 4 is 13.3 Å². The second kappa shape index (κ2) is 14.0. The smallest absolute Gasteiger partial charge is 0.0798 e. The summed E-state index contributed by atoms with van der Waals surface area (Å²) in [5.74, 6) is 2.89. The Kier molecular flexibility index (Phi) is 10.2. The summed E-state index contributed by atoms with van der Waals surface area (Å²) in [7, 11) is -1.38. The molecule has 3 heterocycles. The van der Waals surface area contributed by atoms with E-state index in [2.05, 4.69) is 78.4 Å². The average molecular weight is 758 g/mol. The van der Waals surface area contributed by atoms with Gasteiger partial charge in [-0.3, -0.25) is 0 Å². The zero-order chi connectivity index (χ0) is 28.9. The standard InChI is InChI=1S/C21H27N2Si.C17H12N.Ir/c1-24(2,3)21-14-23-20(17-5-4-8-22-13-17)12-19(21)11-18-10-15-6-7-16(18)9-15;1-3-7-14(8-4-1)16-11-12-17(18-13-16)15-9-5-2-6-10-15;/h4-5,8,12,14-16,18H,6-7,9-11H2,1-3H3;1-9,11-13H;/q2*-1;. The van der Waals surface area contributed by atoms with Crippen molar-refractivity contribution in [2.45, 2.75) is 51.7 Å². The number of rotatable bonds is 6. The van der Waals surface area contributed by atoms with E-state index in [0.717, 1.165) is 45.8 Å². The van der Waals surface area contributed by atoms with Gasteiger partial charge in [-0.05, 0) is 77.3 Å². The van der Waals surface area contributed by atoms with Crippen LogP contribution in [-0.2, 0) is 26.5 Å². The molecule has 0 amide bonds. The molecule has 2 fully saturated rings. The van der Waals surface area contributed by atoms with Crippen LogP contribution in [0.1, 0.15) is 31.2 Å². The predicted octanol–water partition coefficient (Wildman–Crippen LogP) is 8.68. The van der Waals surface area contributed by atoms with Crippen LogP contribution >= 0.6 is 0 Å². The first-order chi connectivity index (χ1) is 20.4. The Bertz CT molecular complexity index is 1530. The van der Waals surface area contributed by atoms with Gasteiger partial charge in [-0.2, -0.15) is 0 Å². The van der Waals surface area contributed by atoms with Crippen LogP contribution in [-0.4, -0.2) is 23.0 Å². The number of hydrogen-bond acceptors (Lipinski definition) is 3. The summed E-state index contributed by atoms with van der Waals surface area (Å²) < 4.78 is 0. The maximum Gasteiger partial charge on any atom is 0.0798 e. The van der Waals surface area contributed by atoms with Crippen molar-refractivity contribution in [2.75, 3.05) is 0 Å². The van der Waals surface area contributed by atoms with Crippen LogP contribution in [0.3, 0.4) is 0 Å². The van der Waals surface area contributed by atoms with Crippen LogP contribution in [0.2, 0.25) is 19.6 Å². The molecule has 5 aromatic rings. The second-order valence-electron chi connectivity index (χ2n) is 12.9. The van der Waals surface area contributed by atoms with Gasteiger partial charge in [0.1, 0.15) is 0 Å². The van der Waals surface area contributed by atoms with Crippen LogP contribution < -0.4 is 5.19 Å². The SMILES string of the molecule is C[Si](C)(C)c1cnc(-c2[c-]nccc2)cc1CC1CC2CCC1C2.[Ir].[c-]1ccccc1-c1ccc(-c2ccccc2)cn1. The third-order valence-corrected chi connectivity index (χ3v) is 11.0. The average Bonchev–Trinajstić information content (AvgIpc) is 3.66. The maximum absolute atomic E-state index is 4.76. The van der Waals surface area contributed by atoms with E-state index in [-0.39, 0.29) is 20.1 Å². The second-order valence-corrected chi connectivity index (χ2v) is 17.9. The van der Waals surface area contributed by atoms with Gasteiger partial charge < -0.3 is 15.0 Å². The first-order valence-corrected chi connectivity index (χ1v) is 18.7. The van der Waals surface area contributed by atoms with Crippen LogP contribution in [0, 0.1) is 30.0 Å². The summed E-state index contributed by atoms with van der Waals surface area (Å²) in [5, 5.41) is 1.54. The Hall–Kier alpha value is -3.24. The largest absolute Gasteiger partial charge is 0.360 e. The summed E-state index contributed by atoms with van der Waals surface area (Å²) in [6.07, 6.45) is 16.1. The molecule has 3 nitrogen and oxygen atoms in total. The molecule has 2 bridgehead atoms. The monoisotopic (exact) mass is 758 g/mol. The normalized spacial score (nSPS) is 18.8. The van der Waals surface area contributed by atoms with Crippen LogP contribution in [0.25, 0.3) is 33.6 Å². The van der Waals surface area contributed by atoms with Gasteiger partial charge in [0.25, 0.3) is 0 Å². The van der Waals surface area contributed by atoms with E-state index in [1.165, 1.54) is 42.9 Å². The maximum atomic E-state index is 4.76. The summed E-state index contributed by atoms with van der Waals surface area (Å²) in [5.41, 5.74) is 7.89. The van der Waals surface area contributed by atoms with Crippen LogP contribution in [0.5, 0.6) is 0 Å². The minimum absolute atomic E-state index is 0. The summed E-state index contributed by atoms with van der Waals surface area (Å²) in [6, 6.07) is 31.8. The van der Waals surface area contributed by atoms with Gasteiger partial charge in [0, 0.05) is 32.5 Å². The molecule has 3 aromatic heterocycles. The molecule has 2 aliphatic rings. The van der Waals surface area contributed by atoms with E-state index < -0.39 is 8.07 Å². The first kappa shape index (κ1) is 31.2. The third kappa shape index (κ3) is 7.65. The Morgan fingerprint density at radius 1 is 0.767 bits per heavy atom. The van der Waals surface area contributed by atoms with Crippen molar-refractivity contribution < 1.29 is 20.1 Å². The summed E-state index contributed by atoms with van der Waals surface area (Å²) >= 11 is 0. The van der Waals surface area contributed by atoms with Crippen molar-refractivity contribution in [3.8, 4) is 33.6 Å². The number of pyridine rings is 3. The molecule has 43 heavy (non-hydrogen) atoms. The van der Waals surface area contributed by atoms with Crippen molar-refractivity contribution in [3.05, 3.63) is 121 Å². The van der Waals surface area contributed by atoms with E-state index in [1.54, 1.807) is 11.8 Å². The molecule has 221 valence electrons. The van der Waals surface area contributed by atoms with Gasteiger partial charge in [0.05, 0.1) is 8.07 Å².